The van der Waals surface area contributed by atoms with E-state index in [1.54, 1.807) is 11.4 Å². The van der Waals surface area contributed by atoms with Crippen LogP contribution in [0.3, 0.4) is 0 Å². The summed E-state index contributed by atoms with van der Waals surface area (Å²) < 4.78 is 42.9. The number of carbonyl (C=O) groups excluding carboxylic acids is 1. The molecule has 0 atom stereocenters. The van der Waals surface area contributed by atoms with Crippen LogP contribution in [-0.2, 0) is 6.18 Å². The highest BCUT2D eigenvalue weighted by atomic mass is 32.1. The van der Waals surface area contributed by atoms with Gasteiger partial charge in [-0.1, -0.05) is 5.16 Å². The largest absolute Gasteiger partial charge is 0.433 e. The second kappa shape index (κ2) is 6.20. The molecule has 3 aromatic rings. The van der Waals surface area contributed by atoms with Crippen LogP contribution in [0, 0.1) is 0 Å². The number of halogens is 3. The molecule has 0 spiro atoms. The minimum Gasteiger partial charge on any atom is -0.333 e. The number of thiophene rings is 1. The summed E-state index contributed by atoms with van der Waals surface area (Å²) in [7, 11) is 0. The summed E-state index contributed by atoms with van der Waals surface area (Å²) in [6.07, 6.45) is -1.59. The zero-order valence-corrected chi connectivity index (χ0v) is 13.9. The maximum Gasteiger partial charge on any atom is 0.433 e. The van der Waals surface area contributed by atoms with E-state index in [4.69, 9.17) is 4.52 Å². The molecule has 0 aliphatic heterocycles. The van der Waals surface area contributed by atoms with Gasteiger partial charge >= 0.3 is 6.18 Å². The predicted molar refractivity (Wildman–Crippen MR) is 86.8 cm³/mol. The van der Waals surface area contributed by atoms with Gasteiger partial charge in [0.2, 0.25) is 0 Å². The quantitative estimate of drug-likeness (QED) is 0.728. The molecule has 3 heterocycles. The summed E-state index contributed by atoms with van der Waals surface area (Å²) in [6.45, 7) is 0. The van der Waals surface area contributed by atoms with Crippen molar-refractivity contribution in [1.82, 2.24) is 15.1 Å². The number of hydrogen-bond donors (Lipinski definition) is 1. The minimum absolute atomic E-state index is 0.0133. The van der Waals surface area contributed by atoms with Crippen LogP contribution >= 0.6 is 11.3 Å². The molecule has 10 heteroatoms. The molecular weight excluding hydrogens is 369 g/mol. The lowest BCUT2D eigenvalue weighted by Gasteiger charge is -2.07. The molecule has 0 unspecified atom stereocenters. The third-order valence-electron chi connectivity index (χ3n) is 3.81. The Bertz CT molecular complexity index is 945. The highest BCUT2D eigenvalue weighted by molar-refractivity contribution is 7.14. The number of hydrogen-bond acceptors (Lipinski definition) is 6. The Morgan fingerprint density at radius 2 is 2.08 bits per heavy atom. The van der Waals surface area contributed by atoms with Gasteiger partial charge in [0.05, 0.1) is 11.3 Å². The van der Waals surface area contributed by atoms with E-state index in [-0.39, 0.29) is 5.56 Å². The Labute approximate surface area is 149 Å². The molecule has 4 rings (SSSR count). The van der Waals surface area contributed by atoms with E-state index >= 15 is 0 Å². The lowest BCUT2D eigenvalue weighted by molar-refractivity contribution is -0.141. The van der Waals surface area contributed by atoms with Crippen LogP contribution < -0.4 is 5.32 Å². The third kappa shape index (κ3) is 3.32. The van der Waals surface area contributed by atoms with E-state index in [9.17, 15) is 18.0 Å². The van der Waals surface area contributed by atoms with Gasteiger partial charge in [0.15, 0.2) is 5.82 Å². The Balaban J connectivity index is 1.52. The first-order valence-electron chi connectivity index (χ1n) is 7.68. The van der Waals surface area contributed by atoms with Gasteiger partial charge in [-0.2, -0.15) is 18.2 Å². The smallest absolute Gasteiger partial charge is 0.333 e. The van der Waals surface area contributed by atoms with Gasteiger partial charge < -0.3 is 9.84 Å². The summed E-state index contributed by atoms with van der Waals surface area (Å²) in [6, 6.07) is 3.51. The van der Waals surface area contributed by atoms with Crippen molar-refractivity contribution in [1.29, 1.82) is 0 Å². The highest BCUT2D eigenvalue weighted by Gasteiger charge is 2.32. The molecule has 1 aliphatic carbocycles. The van der Waals surface area contributed by atoms with Crippen molar-refractivity contribution in [3.05, 3.63) is 46.9 Å². The molecule has 1 N–H and O–H groups in total. The number of alkyl halides is 3. The first-order chi connectivity index (χ1) is 12.4. The van der Waals surface area contributed by atoms with Crippen molar-refractivity contribution in [3.63, 3.8) is 0 Å². The van der Waals surface area contributed by atoms with E-state index in [0.717, 1.165) is 31.2 Å². The average molecular weight is 380 g/mol. The fraction of sp³-hybridized carbons (Fsp3) is 0.250. The Kier molecular flexibility index (Phi) is 3.98. The number of nitrogens with one attached hydrogen (secondary N) is 1. The average Bonchev–Trinajstić information content (AvgIpc) is 3.16. The number of pyridine rings is 1. The first kappa shape index (κ1) is 16.7. The second-order valence-electron chi connectivity index (χ2n) is 5.78. The number of aromatic nitrogens is 3. The third-order valence-corrected chi connectivity index (χ3v) is 4.71. The van der Waals surface area contributed by atoms with E-state index in [1.807, 2.05) is 0 Å². The maximum atomic E-state index is 12.5. The zero-order chi connectivity index (χ0) is 18.3. The summed E-state index contributed by atoms with van der Waals surface area (Å²) in [5.41, 5.74) is -0.589. The van der Waals surface area contributed by atoms with Crippen LogP contribution in [0.25, 0.3) is 10.8 Å². The molecule has 1 aliphatic rings. The molecule has 1 saturated carbocycles. The first-order valence-corrected chi connectivity index (χ1v) is 8.56. The van der Waals surface area contributed by atoms with Gasteiger partial charge in [-0.3, -0.25) is 9.78 Å². The molecule has 1 amide bonds. The number of amides is 1. The minimum atomic E-state index is -4.55. The monoisotopic (exact) mass is 380 g/mol. The van der Waals surface area contributed by atoms with Crippen LogP contribution in [0.2, 0.25) is 0 Å². The number of rotatable bonds is 4. The van der Waals surface area contributed by atoms with Crippen molar-refractivity contribution in [2.24, 2.45) is 0 Å². The van der Waals surface area contributed by atoms with Gasteiger partial charge in [-0.25, -0.2) is 0 Å². The zero-order valence-electron chi connectivity index (χ0n) is 13.1. The fourth-order valence-corrected chi connectivity index (χ4v) is 3.07. The molecule has 0 aromatic carbocycles. The van der Waals surface area contributed by atoms with Gasteiger partial charge in [-0.05, 0) is 36.4 Å². The lowest BCUT2D eigenvalue weighted by Crippen LogP contribution is -2.14. The van der Waals surface area contributed by atoms with Gasteiger partial charge in [-0.15, -0.1) is 11.3 Å². The van der Waals surface area contributed by atoms with Crippen LogP contribution in [0.5, 0.6) is 0 Å². The molecular formula is C16H11F3N4O2S. The molecule has 6 nitrogen and oxygen atoms in total. The predicted octanol–water partition coefficient (Wildman–Crippen LogP) is 4.34. The summed E-state index contributed by atoms with van der Waals surface area (Å²) in [5, 5.41) is 8.32. The van der Waals surface area contributed by atoms with Crippen molar-refractivity contribution >= 4 is 22.9 Å². The Morgan fingerprint density at radius 3 is 2.73 bits per heavy atom. The SMILES string of the molecule is O=C(Nc1ccsc1-c1nc(C2CC2)no1)c1ccc(C(F)(F)F)nc1. The Morgan fingerprint density at radius 1 is 1.27 bits per heavy atom. The molecule has 0 saturated heterocycles. The number of anilines is 1. The molecule has 134 valence electrons. The van der Waals surface area contributed by atoms with Gasteiger partial charge in [0, 0.05) is 12.1 Å². The van der Waals surface area contributed by atoms with E-state index in [0.29, 0.717) is 28.2 Å². The van der Waals surface area contributed by atoms with Crippen molar-refractivity contribution in [2.45, 2.75) is 24.9 Å². The van der Waals surface area contributed by atoms with Crippen LogP contribution in [0.1, 0.15) is 40.6 Å². The van der Waals surface area contributed by atoms with Crippen LogP contribution in [-0.4, -0.2) is 21.0 Å². The molecule has 26 heavy (non-hydrogen) atoms. The normalized spacial score (nSPS) is 14.4. The standard InChI is InChI=1S/C16H11F3N4O2S/c17-16(18,19)11-4-3-9(7-20-11)14(24)21-10-5-6-26-12(10)15-22-13(23-25-15)8-1-2-8/h3-8H,1-2H2,(H,21,24). The van der Waals surface area contributed by atoms with E-state index in [2.05, 4.69) is 20.4 Å². The van der Waals surface area contributed by atoms with Crippen molar-refractivity contribution in [2.75, 3.05) is 5.32 Å². The summed E-state index contributed by atoms with van der Waals surface area (Å²) in [5.74, 6) is 0.719. The topological polar surface area (TPSA) is 80.9 Å². The van der Waals surface area contributed by atoms with Gasteiger partial charge in [0.25, 0.3) is 11.8 Å². The highest BCUT2D eigenvalue weighted by Crippen LogP contribution is 2.40. The van der Waals surface area contributed by atoms with Crippen LogP contribution in [0.15, 0.2) is 34.3 Å². The molecule has 3 aromatic heterocycles. The summed E-state index contributed by atoms with van der Waals surface area (Å²) in [4.78, 5) is 20.5. The second-order valence-corrected chi connectivity index (χ2v) is 6.70. The molecule has 1 fully saturated rings. The lowest BCUT2D eigenvalue weighted by atomic mass is 10.2. The molecule has 0 bridgehead atoms. The van der Waals surface area contributed by atoms with Crippen LogP contribution in [0.4, 0.5) is 18.9 Å². The Hall–Kier alpha value is -2.75. The fourth-order valence-electron chi connectivity index (χ4n) is 2.30. The van der Waals surface area contributed by atoms with Gasteiger partial charge in [0.1, 0.15) is 10.6 Å². The number of nitrogens with zero attached hydrogens (tertiary/aromatic N) is 3. The van der Waals surface area contributed by atoms with E-state index < -0.39 is 17.8 Å². The number of carbonyl (C=O) groups is 1. The molecule has 0 radical (unpaired) electrons. The van der Waals surface area contributed by atoms with Crippen molar-refractivity contribution < 1.29 is 22.5 Å². The maximum absolute atomic E-state index is 12.5. The summed E-state index contributed by atoms with van der Waals surface area (Å²) >= 11 is 1.32. The van der Waals surface area contributed by atoms with Crippen molar-refractivity contribution in [3.8, 4) is 10.8 Å². The van der Waals surface area contributed by atoms with E-state index in [1.165, 1.54) is 11.3 Å².